The third kappa shape index (κ3) is 3.98. The van der Waals surface area contributed by atoms with Crippen LogP contribution < -0.4 is 5.48 Å². The summed E-state index contributed by atoms with van der Waals surface area (Å²) in [5.41, 5.74) is 3.97. The Bertz CT molecular complexity index is 781. The first-order valence-corrected chi connectivity index (χ1v) is 9.30. The van der Waals surface area contributed by atoms with E-state index in [1.807, 2.05) is 60.9 Å². The first-order valence-electron chi connectivity index (χ1n) is 8.92. The Balaban J connectivity index is 1.69. The molecule has 0 saturated carbocycles. The summed E-state index contributed by atoms with van der Waals surface area (Å²) in [5, 5.41) is 0.661. The van der Waals surface area contributed by atoms with Gasteiger partial charge in [0.05, 0.1) is 6.54 Å². The monoisotopic (exact) mass is 373 g/mol. The summed E-state index contributed by atoms with van der Waals surface area (Å²) in [7, 11) is 0. The maximum Gasteiger partial charge on any atom is 0.320 e. The number of carbonyl (C=O) groups is 1. The van der Waals surface area contributed by atoms with Gasteiger partial charge in [-0.1, -0.05) is 23.6 Å². The molecule has 26 heavy (non-hydrogen) atoms. The Kier molecular flexibility index (Phi) is 5.45. The van der Waals surface area contributed by atoms with E-state index >= 15 is 0 Å². The van der Waals surface area contributed by atoms with Crippen molar-refractivity contribution in [1.29, 1.82) is 0 Å². The second kappa shape index (κ2) is 7.61. The van der Waals surface area contributed by atoms with E-state index in [1.165, 1.54) is 0 Å². The highest BCUT2D eigenvalue weighted by Gasteiger charge is 2.44. The topological polar surface area (TPSA) is 44.8 Å². The van der Waals surface area contributed by atoms with Crippen LogP contribution in [0.4, 0.5) is 4.79 Å². The van der Waals surface area contributed by atoms with E-state index in [2.05, 4.69) is 17.3 Å². The molecule has 1 unspecified atom stereocenters. The van der Waals surface area contributed by atoms with Gasteiger partial charge in [0.1, 0.15) is 11.3 Å². The van der Waals surface area contributed by atoms with Crippen LogP contribution in [0.2, 0.25) is 5.02 Å². The van der Waals surface area contributed by atoms with Crippen LogP contribution in [-0.4, -0.2) is 47.1 Å². The molecular formula is C20H24ClN3O2. The molecule has 5 nitrogen and oxygen atoms in total. The van der Waals surface area contributed by atoms with Crippen LogP contribution in [0, 0.1) is 11.8 Å². The molecule has 0 aliphatic carbocycles. The molecule has 1 saturated heterocycles. The Morgan fingerprint density at radius 3 is 2.96 bits per heavy atom. The second-order valence-corrected chi connectivity index (χ2v) is 7.36. The molecular weight excluding hydrogens is 350 g/mol. The fourth-order valence-corrected chi connectivity index (χ4v) is 3.51. The number of hydrogen-bond donors (Lipinski definition) is 1. The highest BCUT2D eigenvalue weighted by Crippen LogP contribution is 2.31. The number of halogens is 1. The quantitative estimate of drug-likeness (QED) is 0.808. The molecule has 2 amide bonds. The lowest BCUT2D eigenvalue weighted by molar-refractivity contribution is -0.0301. The molecule has 1 atom stereocenters. The molecule has 1 N–H and O–H groups in total. The Morgan fingerprint density at radius 1 is 1.46 bits per heavy atom. The first-order chi connectivity index (χ1) is 12.4. The maximum atomic E-state index is 12.7. The average Bonchev–Trinajstić information content (AvgIpc) is 3.20. The first kappa shape index (κ1) is 18.6. The number of amides is 2. The van der Waals surface area contributed by atoms with Crippen molar-refractivity contribution in [1.82, 2.24) is 15.3 Å². The minimum Gasteiger partial charge on any atom is -0.323 e. The lowest BCUT2D eigenvalue weighted by atomic mass is 10.0. The zero-order chi connectivity index (χ0) is 18.7. The lowest BCUT2D eigenvalue weighted by Gasteiger charge is -2.30. The number of hydrogen-bond acceptors (Lipinski definition) is 3. The molecule has 6 heteroatoms. The number of nitrogens with one attached hydrogen (secondary N) is 1. The third-order valence-corrected chi connectivity index (χ3v) is 4.92. The number of allylic oxidation sites excluding steroid dienone is 1. The number of rotatable bonds is 2. The average molecular weight is 374 g/mol. The van der Waals surface area contributed by atoms with E-state index < -0.39 is 5.60 Å². The van der Waals surface area contributed by atoms with Gasteiger partial charge in [-0.15, -0.1) is 0 Å². The van der Waals surface area contributed by atoms with Crippen LogP contribution in [0.15, 0.2) is 36.0 Å². The van der Waals surface area contributed by atoms with E-state index in [0.717, 1.165) is 17.7 Å². The second-order valence-electron chi connectivity index (χ2n) is 6.92. The van der Waals surface area contributed by atoms with Gasteiger partial charge in [0.15, 0.2) is 0 Å². The van der Waals surface area contributed by atoms with Crippen LogP contribution in [0.5, 0.6) is 0 Å². The minimum atomic E-state index is -0.496. The number of nitrogens with zero attached hydrogens (tertiary/aromatic N) is 2. The van der Waals surface area contributed by atoms with Crippen molar-refractivity contribution in [2.75, 3.05) is 19.6 Å². The summed E-state index contributed by atoms with van der Waals surface area (Å²) in [4.78, 5) is 22.2. The zero-order valence-electron chi connectivity index (χ0n) is 15.4. The number of hydroxylamine groups is 1. The van der Waals surface area contributed by atoms with E-state index in [1.54, 1.807) is 0 Å². The van der Waals surface area contributed by atoms with Crippen LogP contribution in [0.1, 0.15) is 32.8 Å². The number of urea groups is 1. The predicted octanol–water partition coefficient (Wildman–Crippen LogP) is 3.41. The van der Waals surface area contributed by atoms with Crippen molar-refractivity contribution >= 4 is 17.6 Å². The van der Waals surface area contributed by atoms with Crippen LogP contribution in [0.25, 0.3) is 0 Å². The summed E-state index contributed by atoms with van der Waals surface area (Å²) in [6.45, 7) is 7.97. The SMILES string of the molecule is CCN(C(=O)N1CCC2(C=C(C#Cc3cccc(Cl)c3)NO2)C1)C(C)C. The van der Waals surface area contributed by atoms with Gasteiger partial charge < -0.3 is 9.80 Å². The van der Waals surface area contributed by atoms with Crippen LogP contribution in [0.3, 0.4) is 0 Å². The molecule has 0 bridgehead atoms. The summed E-state index contributed by atoms with van der Waals surface area (Å²) in [5.74, 6) is 6.15. The number of carbonyl (C=O) groups excluding carboxylic acids is 1. The smallest absolute Gasteiger partial charge is 0.320 e. The minimum absolute atomic E-state index is 0.0647. The molecule has 1 aromatic carbocycles. The summed E-state index contributed by atoms with van der Waals surface area (Å²) < 4.78 is 0. The highest BCUT2D eigenvalue weighted by atomic mass is 35.5. The molecule has 3 rings (SSSR count). The largest absolute Gasteiger partial charge is 0.323 e. The van der Waals surface area contributed by atoms with Gasteiger partial charge in [-0.05, 0) is 51.0 Å². The zero-order valence-corrected chi connectivity index (χ0v) is 16.1. The van der Waals surface area contributed by atoms with E-state index in [9.17, 15) is 4.79 Å². The summed E-state index contributed by atoms with van der Waals surface area (Å²) >= 11 is 5.98. The standard InChI is InChI=1S/C20H24ClN3O2/c1-4-24(15(2)3)19(25)23-11-10-20(14-23)13-18(22-26-20)9-8-16-6-5-7-17(21)12-16/h5-7,12-13,15,22H,4,10-11,14H2,1-3H3. The van der Waals surface area contributed by atoms with Crippen LogP contribution >= 0.6 is 11.6 Å². The molecule has 138 valence electrons. The Labute approximate surface area is 159 Å². The van der Waals surface area contributed by atoms with Crippen molar-refractivity contribution < 1.29 is 9.63 Å². The van der Waals surface area contributed by atoms with E-state index in [-0.39, 0.29) is 12.1 Å². The van der Waals surface area contributed by atoms with Crippen molar-refractivity contribution in [3.8, 4) is 11.8 Å². The molecule has 1 spiro atoms. The lowest BCUT2D eigenvalue weighted by Crippen LogP contribution is -2.46. The summed E-state index contributed by atoms with van der Waals surface area (Å²) in [6, 6.07) is 7.67. The van der Waals surface area contributed by atoms with Crippen molar-refractivity contribution in [3.05, 3.63) is 46.6 Å². The van der Waals surface area contributed by atoms with Crippen molar-refractivity contribution in [2.45, 2.75) is 38.8 Å². The summed E-state index contributed by atoms with van der Waals surface area (Å²) in [6.07, 6.45) is 2.74. The molecule has 2 aliphatic heterocycles. The fourth-order valence-electron chi connectivity index (χ4n) is 3.32. The Morgan fingerprint density at radius 2 is 2.27 bits per heavy atom. The number of benzene rings is 1. The van der Waals surface area contributed by atoms with Crippen LogP contribution in [-0.2, 0) is 4.84 Å². The van der Waals surface area contributed by atoms with Gasteiger partial charge in [-0.25, -0.2) is 4.79 Å². The van der Waals surface area contributed by atoms with Gasteiger partial charge in [0.2, 0.25) is 0 Å². The van der Waals surface area contributed by atoms with Gasteiger partial charge in [0.25, 0.3) is 0 Å². The van der Waals surface area contributed by atoms with E-state index in [0.29, 0.717) is 24.7 Å². The third-order valence-electron chi connectivity index (χ3n) is 4.68. The Hall–Kier alpha value is -2.16. The molecule has 0 radical (unpaired) electrons. The van der Waals surface area contributed by atoms with Gasteiger partial charge >= 0.3 is 6.03 Å². The molecule has 1 aromatic rings. The number of likely N-dealkylation sites (tertiary alicyclic amines) is 1. The van der Waals surface area contributed by atoms with E-state index in [4.69, 9.17) is 16.4 Å². The van der Waals surface area contributed by atoms with Gasteiger partial charge in [-0.2, -0.15) is 0 Å². The maximum absolute atomic E-state index is 12.7. The normalized spacial score (nSPS) is 21.4. The molecule has 2 aliphatic rings. The molecule has 1 fully saturated rings. The van der Waals surface area contributed by atoms with Gasteiger partial charge in [-0.3, -0.25) is 10.3 Å². The fraction of sp³-hybridized carbons (Fsp3) is 0.450. The predicted molar refractivity (Wildman–Crippen MR) is 102 cm³/mol. The molecule has 0 aromatic heterocycles. The van der Waals surface area contributed by atoms with Gasteiger partial charge in [0, 0.05) is 36.1 Å². The van der Waals surface area contributed by atoms with Crippen molar-refractivity contribution in [2.24, 2.45) is 0 Å². The van der Waals surface area contributed by atoms with Crippen molar-refractivity contribution in [3.63, 3.8) is 0 Å². The highest BCUT2D eigenvalue weighted by molar-refractivity contribution is 6.30. The molecule has 2 heterocycles.